The third-order valence-corrected chi connectivity index (χ3v) is 1.75. The lowest BCUT2D eigenvalue weighted by atomic mass is 10.6. The van der Waals surface area contributed by atoms with Crippen LogP contribution in [-0.4, -0.2) is 11.2 Å². The van der Waals surface area contributed by atoms with Crippen LogP contribution in [0.15, 0.2) is 15.4 Å². The minimum Gasteiger partial charge on any atom is -0.435 e. The maximum atomic E-state index is 5.11. The first-order chi connectivity index (χ1) is 4.33. The van der Waals surface area contributed by atoms with E-state index in [1.54, 1.807) is 18.0 Å². The van der Waals surface area contributed by atoms with Gasteiger partial charge in [-0.15, -0.1) is 0 Å². The van der Waals surface area contributed by atoms with E-state index in [4.69, 9.17) is 4.42 Å². The Kier molecular flexibility index (Phi) is 2.60. The van der Waals surface area contributed by atoms with Gasteiger partial charge in [-0.1, -0.05) is 0 Å². The molecule has 1 heterocycles. The number of nitrogens with zero attached hydrogens (tertiary/aromatic N) is 1. The van der Waals surface area contributed by atoms with E-state index < -0.39 is 0 Å². The molecule has 2 nitrogen and oxygen atoms in total. The van der Waals surface area contributed by atoms with Gasteiger partial charge in [-0.05, 0) is 6.26 Å². The number of hydrogen-bond donors (Lipinski definition) is 0. The highest BCUT2D eigenvalue weighted by Crippen LogP contribution is 2.13. The summed E-state index contributed by atoms with van der Waals surface area (Å²) in [7, 11) is 0. The Morgan fingerprint density at radius 2 is 2.67 bits per heavy atom. The van der Waals surface area contributed by atoms with Crippen molar-refractivity contribution in [1.82, 2.24) is 4.98 Å². The third-order valence-electron chi connectivity index (χ3n) is 0.812. The first kappa shape index (κ1) is 7.15. The van der Waals surface area contributed by atoms with Crippen molar-refractivity contribution in [3.05, 3.63) is 16.8 Å². The van der Waals surface area contributed by atoms with E-state index >= 15 is 0 Å². The third kappa shape index (κ3) is 2.02. The van der Waals surface area contributed by atoms with Crippen LogP contribution in [0.3, 0.4) is 0 Å². The Bertz CT molecular complexity index is 189. The molecule has 0 spiro atoms. The molecule has 0 aliphatic heterocycles. The van der Waals surface area contributed by atoms with Crippen LogP contribution in [0.5, 0.6) is 0 Å². The lowest BCUT2D eigenvalue weighted by Crippen LogP contribution is -1.69. The molecule has 0 bridgehead atoms. The van der Waals surface area contributed by atoms with Gasteiger partial charge < -0.3 is 4.42 Å². The maximum Gasteiger partial charge on any atom is 0.264 e. The summed E-state index contributed by atoms with van der Waals surface area (Å²) in [5.41, 5.74) is 0. The standard InChI is InChI=1S/C5H6BrNOS/c1-9-3-4-2-7-5(6)8-4/h2H,3H2,1H3. The number of hydrogen-bond acceptors (Lipinski definition) is 3. The van der Waals surface area contributed by atoms with Crippen LogP contribution in [0.2, 0.25) is 0 Å². The molecule has 0 unspecified atom stereocenters. The van der Waals surface area contributed by atoms with Gasteiger partial charge in [0.25, 0.3) is 4.80 Å². The largest absolute Gasteiger partial charge is 0.435 e. The molecule has 0 saturated carbocycles. The van der Waals surface area contributed by atoms with Crippen molar-refractivity contribution < 1.29 is 4.42 Å². The van der Waals surface area contributed by atoms with Crippen LogP contribution in [0.1, 0.15) is 5.76 Å². The maximum absolute atomic E-state index is 5.11. The quantitative estimate of drug-likeness (QED) is 0.745. The second kappa shape index (κ2) is 3.27. The summed E-state index contributed by atoms with van der Waals surface area (Å²) in [5.74, 6) is 1.80. The summed E-state index contributed by atoms with van der Waals surface area (Å²) in [6, 6.07) is 0. The summed E-state index contributed by atoms with van der Waals surface area (Å²) >= 11 is 4.83. The minimum absolute atomic E-state index is 0.562. The molecular weight excluding hydrogens is 202 g/mol. The number of halogens is 1. The van der Waals surface area contributed by atoms with Crippen molar-refractivity contribution in [3.8, 4) is 0 Å². The van der Waals surface area contributed by atoms with Crippen LogP contribution in [-0.2, 0) is 5.75 Å². The highest BCUT2D eigenvalue weighted by molar-refractivity contribution is 9.10. The van der Waals surface area contributed by atoms with Crippen LogP contribution in [0, 0.1) is 0 Å². The Balaban J connectivity index is 2.61. The number of aromatic nitrogens is 1. The summed E-state index contributed by atoms with van der Waals surface area (Å²) in [4.78, 5) is 4.43. The fraction of sp³-hybridized carbons (Fsp3) is 0.400. The highest BCUT2D eigenvalue weighted by atomic mass is 79.9. The monoisotopic (exact) mass is 207 g/mol. The Morgan fingerprint density at radius 1 is 1.89 bits per heavy atom. The zero-order chi connectivity index (χ0) is 6.69. The van der Waals surface area contributed by atoms with E-state index in [-0.39, 0.29) is 0 Å². The average molecular weight is 208 g/mol. The fourth-order valence-corrected chi connectivity index (χ4v) is 1.22. The molecule has 0 aromatic carbocycles. The van der Waals surface area contributed by atoms with Crippen molar-refractivity contribution in [2.75, 3.05) is 6.26 Å². The topological polar surface area (TPSA) is 26.0 Å². The smallest absolute Gasteiger partial charge is 0.264 e. The van der Waals surface area contributed by atoms with Crippen molar-refractivity contribution in [2.24, 2.45) is 0 Å². The molecule has 0 radical (unpaired) electrons. The van der Waals surface area contributed by atoms with E-state index in [9.17, 15) is 0 Å². The first-order valence-electron chi connectivity index (χ1n) is 2.42. The number of rotatable bonds is 2. The zero-order valence-electron chi connectivity index (χ0n) is 4.93. The minimum atomic E-state index is 0.562. The van der Waals surface area contributed by atoms with Gasteiger partial charge >= 0.3 is 0 Å². The van der Waals surface area contributed by atoms with Gasteiger partial charge in [-0.2, -0.15) is 11.8 Å². The average Bonchev–Trinajstić information content (AvgIpc) is 2.17. The molecule has 0 saturated heterocycles. The van der Waals surface area contributed by atoms with Gasteiger partial charge in [0.15, 0.2) is 0 Å². The molecule has 0 atom stereocenters. The lowest BCUT2D eigenvalue weighted by Gasteiger charge is -1.85. The molecule has 0 fully saturated rings. The molecule has 1 aromatic heterocycles. The van der Waals surface area contributed by atoms with Gasteiger partial charge in [-0.25, -0.2) is 4.98 Å². The summed E-state index contributed by atoms with van der Waals surface area (Å²) in [5, 5.41) is 0. The van der Waals surface area contributed by atoms with Crippen LogP contribution in [0.25, 0.3) is 0 Å². The van der Waals surface area contributed by atoms with Crippen LogP contribution < -0.4 is 0 Å². The van der Waals surface area contributed by atoms with Crippen molar-refractivity contribution >= 4 is 27.7 Å². The van der Waals surface area contributed by atoms with Crippen molar-refractivity contribution in [2.45, 2.75) is 5.75 Å². The number of thioether (sulfide) groups is 1. The Morgan fingerprint density at radius 3 is 3.11 bits per heavy atom. The van der Waals surface area contributed by atoms with Gasteiger partial charge in [0, 0.05) is 15.9 Å². The van der Waals surface area contributed by atoms with Crippen LogP contribution >= 0.6 is 27.7 Å². The van der Waals surface area contributed by atoms with E-state index in [1.807, 2.05) is 6.26 Å². The van der Waals surface area contributed by atoms with Gasteiger partial charge in [0.2, 0.25) is 0 Å². The number of oxazole rings is 1. The molecule has 0 aliphatic rings. The van der Waals surface area contributed by atoms with Gasteiger partial charge in [0.05, 0.1) is 11.9 Å². The summed E-state index contributed by atoms with van der Waals surface area (Å²) in [6.07, 6.45) is 3.75. The lowest BCUT2D eigenvalue weighted by molar-refractivity contribution is 0.497. The van der Waals surface area contributed by atoms with Crippen molar-refractivity contribution in [1.29, 1.82) is 0 Å². The fourth-order valence-electron chi connectivity index (χ4n) is 0.493. The molecule has 0 amide bonds. The van der Waals surface area contributed by atoms with E-state index in [0.717, 1.165) is 11.5 Å². The van der Waals surface area contributed by atoms with Crippen molar-refractivity contribution in [3.63, 3.8) is 0 Å². The molecule has 0 N–H and O–H groups in total. The molecule has 0 aliphatic carbocycles. The molecule has 50 valence electrons. The summed E-state index contributed by atoms with van der Waals surface area (Å²) in [6.45, 7) is 0. The second-order valence-corrected chi connectivity index (χ2v) is 3.06. The molecule has 4 heteroatoms. The van der Waals surface area contributed by atoms with Gasteiger partial charge in [-0.3, -0.25) is 0 Å². The van der Waals surface area contributed by atoms with E-state index in [1.165, 1.54) is 0 Å². The van der Waals surface area contributed by atoms with Gasteiger partial charge in [0.1, 0.15) is 5.76 Å². The molecule has 1 rings (SSSR count). The second-order valence-electron chi connectivity index (χ2n) is 1.51. The Hall–Kier alpha value is 0.0400. The first-order valence-corrected chi connectivity index (χ1v) is 4.61. The molecule has 9 heavy (non-hydrogen) atoms. The zero-order valence-corrected chi connectivity index (χ0v) is 7.33. The molecule has 1 aromatic rings. The summed E-state index contributed by atoms with van der Waals surface area (Å²) < 4.78 is 5.11. The van der Waals surface area contributed by atoms with E-state index in [0.29, 0.717) is 4.80 Å². The highest BCUT2D eigenvalue weighted by Gasteiger charge is 1.97. The SMILES string of the molecule is CSCc1cnc(Br)o1. The predicted octanol–water partition coefficient (Wildman–Crippen LogP) is 2.30. The van der Waals surface area contributed by atoms with E-state index in [2.05, 4.69) is 20.9 Å². The predicted molar refractivity (Wildman–Crippen MR) is 41.4 cm³/mol. The Labute approximate surface area is 66.2 Å². The van der Waals surface area contributed by atoms with Crippen LogP contribution in [0.4, 0.5) is 0 Å². The molecular formula is C5H6BrNOS. The normalized spacial score (nSPS) is 10.0.